The third kappa shape index (κ3) is 6.29. The summed E-state index contributed by atoms with van der Waals surface area (Å²) in [7, 11) is 0. The summed E-state index contributed by atoms with van der Waals surface area (Å²) in [6.07, 6.45) is 9.20. The van der Waals surface area contributed by atoms with E-state index in [1.54, 1.807) is 0 Å². The number of hydrogen-bond acceptors (Lipinski definition) is 2. The van der Waals surface area contributed by atoms with Crippen molar-refractivity contribution in [1.82, 2.24) is 10.7 Å². The lowest BCUT2D eigenvalue weighted by Gasteiger charge is -2.22. The van der Waals surface area contributed by atoms with Gasteiger partial charge in [-0.3, -0.25) is 0 Å². The van der Waals surface area contributed by atoms with Crippen LogP contribution < -0.4 is 10.7 Å². The maximum Gasteiger partial charge on any atom is 0.335 e. The molecule has 0 aromatic rings. The number of nitrogens with one attached hydrogen (secondary N) is 2. The highest BCUT2D eigenvalue weighted by Gasteiger charge is 2.14. The zero-order valence-electron chi connectivity index (χ0n) is 11.1. The van der Waals surface area contributed by atoms with Crippen LogP contribution >= 0.6 is 0 Å². The number of hydrazone groups is 1. The summed E-state index contributed by atoms with van der Waals surface area (Å²) in [6.45, 7) is 4.10. The molecule has 1 fully saturated rings. The number of urea groups is 1. The van der Waals surface area contributed by atoms with Crippen molar-refractivity contribution < 1.29 is 4.79 Å². The molecule has 0 unspecified atom stereocenters. The van der Waals surface area contributed by atoms with E-state index in [4.69, 9.17) is 0 Å². The van der Waals surface area contributed by atoms with Gasteiger partial charge in [0, 0.05) is 11.8 Å². The summed E-state index contributed by atoms with van der Waals surface area (Å²) >= 11 is 0. The van der Waals surface area contributed by atoms with Gasteiger partial charge in [-0.05, 0) is 32.6 Å². The Morgan fingerprint density at radius 3 is 2.65 bits per heavy atom. The van der Waals surface area contributed by atoms with Gasteiger partial charge >= 0.3 is 6.03 Å². The van der Waals surface area contributed by atoms with Crippen LogP contribution in [0.5, 0.6) is 0 Å². The molecule has 2 amide bonds. The second-order valence-corrected chi connectivity index (χ2v) is 4.87. The number of unbranched alkanes of at least 4 members (excludes halogenated alkanes) is 1. The number of nitrogens with zero attached hydrogens (tertiary/aromatic N) is 1. The summed E-state index contributed by atoms with van der Waals surface area (Å²) in [5.74, 6) is 0. The number of carbonyl (C=O) groups is 1. The number of carbonyl (C=O) groups excluding carboxylic acids is 1. The van der Waals surface area contributed by atoms with Crippen molar-refractivity contribution in [3.8, 4) is 0 Å². The standard InChI is InChI=1S/C13H25N3O/c1-3-4-8-11(2)15-16-13(17)14-12-9-6-5-7-10-12/h12H,3-10H2,1-2H3,(H2,14,16,17)/b15-11+. The van der Waals surface area contributed by atoms with E-state index in [1.165, 1.54) is 19.3 Å². The highest BCUT2D eigenvalue weighted by molar-refractivity contribution is 5.83. The lowest BCUT2D eigenvalue weighted by atomic mass is 9.96. The van der Waals surface area contributed by atoms with Gasteiger partial charge in [-0.2, -0.15) is 5.10 Å². The minimum atomic E-state index is -0.159. The van der Waals surface area contributed by atoms with Crippen molar-refractivity contribution in [2.24, 2.45) is 5.10 Å². The van der Waals surface area contributed by atoms with E-state index >= 15 is 0 Å². The minimum Gasteiger partial charge on any atom is -0.334 e. The van der Waals surface area contributed by atoms with Gasteiger partial charge in [0.1, 0.15) is 0 Å². The second kappa shape index (κ2) is 8.09. The molecule has 4 nitrogen and oxygen atoms in total. The lowest BCUT2D eigenvalue weighted by Crippen LogP contribution is -2.41. The van der Waals surface area contributed by atoms with Crippen molar-refractivity contribution in [1.29, 1.82) is 0 Å². The van der Waals surface area contributed by atoms with Gasteiger partial charge in [0.2, 0.25) is 0 Å². The van der Waals surface area contributed by atoms with Crippen LogP contribution in [0.25, 0.3) is 0 Å². The van der Waals surface area contributed by atoms with E-state index < -0.39 is 0 Å². The molecule has 0 aliphatic heterocycles. The number of amides is 2. The number of hydrogen-bond donors (Lipinski definition) is 2. The van der Waals surface area contributed by atoms with Gasteiger partial charge in [0.05, 0.1) is 0 Å². The first kappa shape index (κ1) is 14.0. The maximum atomic E-state index is 11.6. The highest BCUT2D eigenvalue weighted by Crippen LogP contribution is 2.17. The molecule has 0 atom stereocenters. The zero-order valence-corrected chi connectivity index (χ0v) is 11.1. The molecule has 4 heteroatoms. The molecule has 0 aromatic carbocycles. The molecule has 0 spiro atoms. The molecule has 0 bridgehead atoms. The molecular weight excluding hydrogens is 214 g/mol. The van der Waals surface area contributed by atoms with E-state index in [2.05, 4.69) is 22.8 Å². The largest absolute Gasteiger partial charge is 0.335 e. The van der Waals surface area contributed by atoms with Crippen molar-refractivity contribution in [3.63, 3.8) is 0 Å². The topological polar surface area (TPSA) is 53.5 Å². The molecule has 0 heterocycles. The maximum absolute atomic E-state index is 11.6. The molecule has 1 aliphatic rings. The Hall–Kier alpha value is -1.06. The fourth-order valence-electron chi connectivity index (χ4n) is 2.10. The van der Waals surface area contributed by atoms with Crippen molar-refractivity contribution in [2.45, 2.75) is 71.3 Å². The Bertz CT molecular complexity index is 257. The first-order valence-electron chi connectivity index (χ1n) is 6.82. The van der Waals surface area contributed by atoms with Crippen molar-refractivity contribution >= 4 is 11.7 Å². The van der Waals surface area contributed by atoms with Gasteiger partial charge in [-0.1, -0.05) is 32.6 Å². The summed E-state index contributed by atoms with van der Waals surface area (Å²) < 4.78 is 0. The summed E-state index contributed by atoms with van der Waals surface area (Å²) in [5.41, 5.74) is 3.57. The quantitative estimate of drug-likeness (QED) is 0.562. The van der Waals surface area contributed by atoms with E-state index in [-0.39, 0.29) is 6.03 Å². The third-order valence-electron chi connectivity index (χ3n) is 3.18. The van der Waals surface area contributed by atoms with Crippen LogP contribution in [0.1, 0.15) is 65.2 Å². The lowest BCUT2D eigenvalue weighted by molar-refractivity contribution is 0.233. The zero-order chi connectivity index (χ0) is 12.5. The predicted molar refractivity (Wildman–Crippen MR) is 71.2 cm³/mol. The Balaban J connectivity index is 2.19. The Kier molecular flexibility index (Phi) is 6.67. The molecule has 17 heavy (non-hydrogen) atoms. The van der Waals surface area contributed by atoms with Crippen molar-refractivity contribution in [3.05, 3.63) is 0 Å². The molecule has 0 radical (unpaired) electrons. The second-order valence-electron chi connectivity index (χ2n) is 4.87. The van der Waals surface area contributed by atoms with Crippen LogP contribution in [-0.4, -0.2) is 17.8 Å². The molecule has 1 aliphatic carbocycles. The predicted octanol–water partition coefficient (Wildman–Crippen LogP) is 3.18. The van der Waals surface area contributed by atoms with Crippen LogP contribution in [-0.2, 0) is 0 Å². The van der Waals surface area contributed by atoms with Gasteiger partial charge < -0.3 is 5.32 Å². The Labute approximate surface area is 104 Å². The molecule has 0 saturated heterocycles. The molecule has 0 aromatic heterocycles. The SMILES string of the molecule is CCCC/C(C)=N/NC(=O)NC1CCCCC1. The van der Waals surface area contributed by atoms with E-state index in [0.717, 1.165) is 37.8 Å². The Morgan fingerprint density at radius 2 is 2.00 bits per heavy atom. The summed E-state index contributed by atoms with van der Waals surface area (Å²) in [5, 5.41) is 7.05. The highest BCUT2D eigenvalue weighted by atomic mass is 16.2. The monoisotopic (exact) mass is 239 g/mol. The first-order valence-corrected chi connectivity index (χ1v) is 6.82. The van der Waals surface area contributed by atoms with E-state index in [1.807, 2.05) is 6.92 Å². The van der Waals surface area contributed by atoms with Gasteiger partial charge in [0.15, 0.2) is 0 Å². The van der Waals surface area contributed by atoms with Crippen LogP contribution in [0.2, 0.25) is 0 Å². The summed E-state index contributed by atoms with van der Waals surface area (Å²) in [6, 6.07) is 0.183. The first-order chi connectivity index (χ1) is 8.22. The van der Waals surface area contributed by atoms with E-state index in [9.17, 15) is 4.79 Å². The van der Waals surface area contributed by atoms with Crippen LogP contribution in [0.15, 0.2) is 5.10 Å². The van der Waals surface area contributed by atoms with Gasteiger partial charge in [-0.25, -0.2) is 10.2 Å². The van der Waals surface area contributed by atoms with Gasteiger partial charge in [0.25, 0.3) is 0 Å². The average Bonchev–Trinajstić information content (AvgIpc) is 2.35. The fourth-order valence-corrected chi connectivity index (χ4v) is 2.10. The minimum absolute atomic E-state index is 0.159. The van der Waals surface area contributed by atoms with Gasteiger partial charge in [-0.15, -0.1) is 0 Å². The average molecular weight is 239 g/mol. The molecular formula is C13H25N3O. The smallest absolute Gasteiger partial charge is 0.334 e. The van der Waals surface area contributed by atoms with Crippen molar-refractivity contribution in [2.75, 3.05) is 0 Å². The molecule has 98 valence electrons. The summed E-state index contributed by atoms with van der Waals surface area (Å²) in [4.78, 5) is 11.6. The van der Waals surface area contributed by atoms with Crippen LogP contribution in [0, 0.1) is 0 Å². The Morgan fingerprint density at radius 1 is 1.29 bits per heavy atom. The third-order valence-corrected chi connectivity index (χ3v) is 3.18. The molecule has 1 rings (SSSR count). The normalized spacial score (nSPS) is 17.9. The van der Waals surface area contributed by atoms with E-state index in [0.29, 0.717) is 6.04 Å². The van der Waals surface area contributed by atoms with Crippen LogP contribution in [0.4, 0.5) is 4.79 Å². The molecule has 2 N–H and O–H groups in total. The fraction of sp³-hybridized carbons (Fsp3) is 0.846. The molecule has 1 saturated carbocycles. The number of rotatable bonds is 5. The van der Waals surface area contributed by atoms with Crippen LogP contribution in [0.3, 0.4) is 0 Å².